The summed E-state index contributed by atoms with van der Waals surface area (Å²) in [5, 5.41) is 13.4. The predicted octanol–water partition coefficient (Wildman–Crippen LogP) is 5.30. The van der Waals surface area contributed by atoms with E-state index in [9.17, 15) is 4.79 Å². The van der Waals surface area contributed by atoms with Crippen molar-refractivity contribution < 1.29 is 4.79 Å². The third kappa shape index (κ3) is 4.02. The molecule has 0 bridgehead atoms. The van der Waals surface area contributed by atoms with Gasteiger partial charge in [0.05, 0.1) is 6.54 Å². The lowest BCUT2D eigenvalue weighted by molar-refractivity contribution is -0.130. The molecule has 1 aromatic carbocycles. The number of benzene rings is 1. The highest BCUT2D eigenvalue weighted by Gasteiger charge is 2.40. The molecule has 146 valence electrons. The van der Waals surface area contributed by atoms with Gasteiger partial charge in [-0.3, -0.25) is 15.1 Å². The van der Waals surface area contributed by atoms with Gasteiger partial charge in [-0.2, -0.15) is 0 Å². The van der Waals surface area contributed by atoms with E-state index in [1.54, 1.807) is 22.4 Å². The van der Waals surface area contributed by atoms with Gasteiger partial charge in [0.15, 0.2) is 0 Å². The summed E-state index contributed by atoms with van der Waals surface area (Å²) in [4.78, 5) is 19.8. The lowest BCUT2D eigenvalue weighted by Crippen LogP contribution is -2.47. The molecule has 1 aliphatic rings. The van der Waals surface area contributed by atoms with Crippen LogP contribution in [-0.2, 0) is 16.8 Å². The lowest BCUT2D eigenvalue weighted by Gasteiger charge is -2.38. The van der Waals surface area contributed by atoms with Gasteiger partial charge in [0.25, 0.3) is 0 Å². The average Bonchev–Trinajstić information content (AvgIpc) is 3.38. The van der Waals surface area contributed by atoms with Crippen molar-refractivity contribution >= 4 is 34.4 Å². The number of amides is 1. The van der Waals surface area contributed by atoms with Gasteiger partial charge in [0.1, 0.15) is 10.8 Å². The van der Waals surface area contributed by atoms with Crippen molar-refractivity contribution in [1.29, 1.82) is 5.41 Å². The van der Waals surface area contributed by atoms with E-state index in [0.29, 0.717) is 25.2 Å². The highest BCUT2D eigenvalue weighted by molar-refractivity contribution is 7.10. The number of hydrogen-bond donors (Lipinski definition) is 1. The summed E-state index contributed by atoms with van der Waals surface area (Å²) in [5.41, 5.74) is 2.91. The van der Waals surface area contributed by atoms with Gasteiger partial charge in [0, 0.05) is 40.3 Å². The van der Waals surface area contributed by atoms with E-state index in [-0.39, 0.29) is 11.3 Å². The minimum Gasteiger partial charge on any atom is -0.294 e. The Hall–Kier alpha value is -2.75. The number of amidine groups is 1. The van der Waals surface area contributed by atoms with E-state index in [2.05, 4.69) is 47.3 Å². The molecule has 0 aliphatic carbocycles. The Bertz CT molecular complexity index is 1100. The first-order valence-corrected chi connectivity index (χ1v) is 11.1. The van der Waals surface area contributed by atoms with Gasteiger partial charge in [-0.25, -0.2) is 4.98 Å². The monoisotopic (exact) mass is 419 g/mol. The summed E-state index contributed by atoms with van der Waals surface area (Å²) >= 11 is 3.18. The third-order valence-electron chi connectivity index (χ3n) is 5.16. The van der Waals surface area contributed by atoms with Crippen LogP contribution in [-0.4, -0.2) is 21.6 Å². The number of nitrogens with zero attached hydrogens (tertiary/aromatic N) is 2. The molecule has 1 N–H and O–H groups in total. The first kappa shape index (κ1) is 19.6. The van der Waals surface area contributed by atoms with Crippen molar-refractivity contribution in [3.63, 3.8) is 0 Å². The number of thiazole rings is 1. The number of thiophene rings is 1. The standard InChI is InChI=1S/C23H21N3OS2/c1-3-5-16-6-4-7-17(10-16)18-11-19(29-15-18)23(2)12-20(24)26(22(27)13-23)14-21-25-8-9-28-21/h4,6-11,15,24H,12-14H2,1-2H3/t23-/m0/s1. The molecule has 2 aromatic heterocycles. The zero-order chi connectivity index (χ0) is 20.4. The first-order chi connectivity index (χ1) is 14.0. The van der Waals surface area contributed by atoms with Crippen molar-refractivity contribution in [2.24, 2.45) is 0 Å². The number of likely N-dealkylation sites (tertiary alicyclic amines) is 1. The maximum Gasteiger partial charge on any atom is 0.229 e. The van der Waals surface area contributed by atoms with Gasteiger partial charge in [-0.15, -0.1) is 28.6 Å². The Labute approximate surface area is 178 Å². The molecule has 4 rings (SSSR count). The topological polar surface area (TPSA) is 57.1 Å². The highest BCUT2D eigenvalue weighted by atomic mass is 32.1. The molecule has 4 nitrogen and oxygen atoms in total. The Balaban J connectivity index is 1.56. The average molecular weight is 420 g/mol. The number of carbonyl (C=O) groups is 1. The fourth-order valence-corrected chi connectivity index (χ4v) is 5.34. The fourth-order valence-electron chi connectivity index (χ4n) is 3.66. The van der Waals surface area contributed by atoms with E-state index in [1.165, 1.54) is 11.3 Å². The van der Waals surface area contributed by atoms with Crippen LogP contribution in [0.1, 0.15) is 42.1 Å². The van der Waals surface area contributed by atoms with Crippen LogP contribution in [0.2, 0.25) is 0 Å². The second-order valence-corrected chi connectivity index (χ2v) is 9.31. The zero-order valence-corrected chi connectivity index (χ0v) is 18.0. The van der Waals surface area contributed by atoms with Crippen LogP contribution in [0.4, 0.5) is 0 Å². The summed E-state index contributed by atoms with van der Waals surface area (Å²) in [6.07, 6.45) is 2.68. The van der Waals surface area contributed by atoms with Crippen molar-refractivity contribution in [2.45, 2.75) is 38.6 Å². The molecule has 0 unspecified atom stereocenters. The summed E-state index contributed by atoms with van der Waals surface area (Å²) < 4.78 is 0. The molecule has 1 saturated heterocycles. The number of hydrogen-bond acceptors (Lipinski definition) is 5. The van der Waals surface area contributed by atoms with Gasteiger partial charge >= 0.3 is 0 Å². The van der Waals surface area contributed by atoms with Gasteiger partial charge in [-0.05, 0) is 41.6 Å². The summed E-state index contributed by atoms with van der Waals surface area (Å²) in [6.45, 7) is 4.32. The van der Waals surface area contributed by atoms with Crippen LogP contribution in [0.5, 0.6) is 0 Å². The molecule has 29 heavy (non-hydrogen) atoms. The molecule has 1 amide bonds. The second kappa shape index (κ2) is 7.94. The minimum absolute atomic E-state index is 0.00545. The SMILES string of the molecule is CC#Cc1cccc(-c2csc([C@@]3(C)CC(=N)N(Cc4nccs4)C(=O)C3)c2)c1. The summed E-state index contributed by atoms with van der Waals surface area (Å²) in [5.74, 6) is 6.40. The van der Waals surface area contributed by atoms with Crippen LogP contribution in [0, 0.1) is 17.3 Å². The van der Waals surface area contributed by atoms with Crippen LogP contribution < -0.4 is 0 Å². The van der Waals surface area contributed by atoms with Crippen molar-refractivity contribution in [2.75, 3.05) is 0 Å². The Morgan fingerprint density at radius 3 is 2.83 bits per heavy atom. The van der Waals surface area contributed by atoms with E-state index >= 15 is 0 Å². The molecule has 0 saturated carbocycles. The quantitative estimate of drug-likeness (QED) is 0.583. The lowest BCUT2D eigenvalue weighted by atomic mass is 9.77. The van der Waals surface area contributed by atoms with E-state index in [1.807, 2.05) is 24.4 Å². The number of aromatic nitrogens is 1. The maximum atomic E-state index is 12.9. The Morgan fingerprint density at radius 2 is 2.10 bits per heavy atom. The van der Waals surface area contributed by atoms with Gasteiger partial charge in [0.2, 0.25) is 5.91 Å². The van der Waals surface area contributed by atoms with Crippen molar-refractivity contribution in [1.82, 2.24) is 9.88 Å². The molecule has 3 aromatic rings. The van der Waals surface area contributed by atoms with Gasteiger partial charge in [-0.1, -0.05) is 25.0 Å². The largest absolute Gasteiger partial charge is 0.294 e. The van der Waals surface area contributed by atoms with Crippen molar-refractivity contribution in [3.05, 3.63) is 62.7 Å². The smallest absolute Gasteiger partial charge is 0.229 e. The molecular weight excluding hydrogens is 398 g/mol. The van der Waals surface area contributed by atoms with E-state index < -0.39 is 0 Å². The molecule has 3 heterocycles. The highest BCUT2D eigenvalue weighted by Crippen LogP contribution is 2.41. The molecule has 1 atom stereocenters. The number of piperidine rings is 1. The zero-order valence-electron chi connectivity index (χ0n) is 16.4. The number of nitrogens with one attached hydrogen (secondary N) is 1. The molecule has 1 fully saturated rings. The van der Waals surface area contributed by atoms with Crippen LogP contribution in [0.25, 0.3) is 11.1 Å². The third-order valence-corrected chi connectivity index (χ3v) is 7.16. The summed E-state index contributed by atoms with van der Waals surface area (Å²) in [6, 6.07) is 10.4. The van der Waals surface area contributed by atoms with Crippen LogP contribution in [0.15, 0.2) is 47.3 Å². The summed E-state index contributed by atoms with van der Waals surface area (Å²) in [7, 11) is 0. The molecular formula is C23H21N3OS2. The number of carbonyl (C=O) groups excluding carboxylic acids is 1. The predicted molar refractivity (Wildman–Crippen MR) is 119 cm³/mol. The molecule has 0 radical (unpaired) electrons. The van der Waals surface area contributed by atoms with Crippen LogP contribution >= 0.6 is 22.7 Å². The minimum atomic E-state index is -0.350. The first-order valence-electron chi connectivity index (χ1n) is 9.37. The molecule has 6 heteroatoms. The fraction of sp³-hybridized carbons (Fsp3) is 0.261. The normalized spacial score (nSPS) is 19.2. The van der Waals surface area contributed by atoms with E-state index in [0.717, 1.165) is 26.6 Å². The Morgan fingerprint density at radius 1 is 1.24 bits per heavy atom. The molecule has 1 aliphatic heterocycles. The number of rotatable bonds is 4. The van der Waals surface area contributed by atoms with Gasteiger partial charge < -0.3 is 0 Å². The molecule has 0 spiro atoms. The van der Waals surface area contributed by atoms with E-state index in [4.69, 9.17) is 5.41 Å². The second-order valence-electron chi connectivity index (χ2n) is 7.42. The van der Waals surface area contributed by atoms with Crippen LogP contribution in [0.3, 0.4) is 0 Å². The maximum absolute atomic E-state index is 12.9. The van der Waals surface area contributed by atoms with Crippen molar-refractivity contribution in [3.8, 4) is 23.0 Å². The Kier molecular flexibility index (Phi) is 5.35.